The van der Waals surface area contributed by atoms with Gasteiger partial charge in [-0.15, -0.1) is 22.9 Å². The third-order valence-corrected chi connectivity index (χ3v) is 8.08. The van der Waals surface area contributed by atoms with Crippen LogP contribution in [-0.2, 0) is 17.6 Å². The second-order valence-electron chi connectivity index (χ2n) is 9.21. The van der Waals surface area contributed by atoms with Gasteiger partial charge in [-0.3, -0.25) is 4.79 Å². The highest BCUT2D eigenvalue weighted by atomic mass is 35.5. The zero-order chi connectivity index (χ0) is 22.9. The molecular weight excluding hydrogens is 440 g/mol. The van der Waals surface area contributed by atoms with Crippen molar-refractivity contribution in [2.75, 3.05) is 37.0 Å². The number of fused-ring (bicyclic) bond motifs is 1. The number of alkyl halides is 1. The molecular formula is C25H31ClN4OS. The van der Waals surface area contributed by atoms with Crippen molar-refractivity contribution in [3.63, 3.8) is 0 Å². The smallest absolute Gasteiger partial charge is 0.229 e. The molecule has 1 aliphatic rings. The summed E-state index contributed by atoms with van der Waals surface area (Å²) >= 11 is 7.78. The maximum atomic E-state index is 12.8. The average molecular weight is 471 g/mol. The van der Waals surface area contributed by atoms with Gasteiger partial charge in [0.25, 0.3) is 0 Å². The summed E-state index contributed by atoms with van der Waals surface area (Å²) in [6.07, 6.45) is 1.73. The van der Waals surface area contributed by atoms with E-state index in [1.54, 1.807) is 11.3 Å². The molecule has 0 atom stereocenters. The first kappa shape index (κ1) is 23.0. The predicted octanol–water partition coefficient (Wildman–Crippen LogP) is 5.01. The lowest BCUT2D eigenvalue weighted by Gasteiger charge is -2.38. The Morgan fingerprint density at radius 2 is 1.75 bits per heavy atom. The van der Waals surface area contributed by atoms with Crippen LogP contribution in [0.25, 0.3) is 10.2 Å². The van der Waals surface area contributed by atoms with Gasteiger partial charge in [0.05, 0.1) is 10.8 Å². The highest BCUT2D eigenvalue weighted by Crippen LogP contribution is 2.35. The van der Waals surface area contributed by atoms with E-state index in [1.807, 2.05) is 24.8 Å². The molecule has 0 radical (unpaired) electrons. The number of hydrogen-bond acceptors (Lipinski definition) is 5. The molecule has 0 unspecified atom stereocenters. The summed E-state index contributed by atoms with van der Waals surface area (Å²) in [5.74, 6) is 2.37. The van der Waals surface area contributed by atoms with Gasteiger partial charge in [0, 0.05) is 43.4 Å². The van der Waals surface area contributed by atoms with E-state index in [0.717, 1.165) is 47.8 Å². The third-order valence-electron chi connectivity index (χ3n) is 6.32. The van der Waals surface area contributed by atoms with E-state index < -0.39 is 5.41 Å². The van der Waals surface area contributed by atoms with E-state index in [4.69, 9.17) is 21.6 Å². The summed E-state index contributed by atoms with van der Waals surface area (Å²) in [6.45, 7) is 11.1. The average Bonchev–Trinajstić information content (AvgIpc) is 3.10. The third kappa shape index (κ3) is 4.62. The van der Waals surface area contributed by atoms with E-state index in [1.165, 1.54) is 16.0 Å². The van der Waals surface area contributed by atoms with Gasteiger partial charge >= 0.3 is 0 Å². The molecule has 1 amide bonds. The summed E-state index contributed by atoms with van der Waals surface area (Å²) in [5, 5.41) is 1.16. The normalized spacial score (nSPS) is 14.9. The lowest BCUT2D eigenvalue weighted by molar-refractivity contribution is -0.139. The molecule has 0 bridgehead atoms. The highest BCUT2D eigenvalue weighted by molar-refractivity contribution is 7.18. The Morgan fingerprint density at radius 3 is 2.41 bits per heavy atom. The SMILES string of the molecule is Cc1sc2nc(CCc3ccccc3)nc(N3CCN(C(=O)C(C)(C)CCl)CC3)c2c1C. The molecule has 1 aliphatic heterocycles. The molecule has 1 fully saturated rings. The highest BCUT2D eigenvalue weighted by Gasteiger charge is 2.33. The second kappa shape index (κ2) is 9.36. The minimum Gasteiger partial charge on any atom is -0.352 e. The fraction of sp³-hybridized carbons (Fsp3) is 0.480. The number of aryl methyl sites for hydroxylation is 4. The fourth-order valence-corrected chi connectivity index (χ4v) is 5.28. The number of amides is 1. The van der Waals surface area contributed by atoms with Crippen molar-refractivity contribution in [2.24, 2.45) is 5.41 Å². The number of hydrogen-bond donors (Lipinski definition) is 0. The first-order valence-electron chi connectivity index (χ1n) is 11.2. The van der Waals surface area contributed by atoms with Crippen molar-refractivity contribution in [2.45, 2.75) is 40.5 Å². The van der Waals surface area contributed by atoms with Gasteiger partial charge in [-0.05, 0) is 45.2 Å². The van der Waals surface area contributed by atoms with Crippen LogP contribution in [0.4, 0.5) is 5.82 Å². The van der Waals surface area contributed by atoms with Gasteiger partial charge < -0.3 is 9.80 Å². The van der Waals surface area contributed by atoms with Crippen LogP contribution < -0.4 is 4.90 Å². The van der Waals surface area contributed by atoms with Gasteiger partial charge in [-0.1, -0.05) is 30.3 Å². The van der Waals surface area contributed by atoms with E-state index in [9.17, 15) is 4.79 Å². The number of carbonyl (C=O) groups is 1. The summed E-state index contributed by atoms with van der Waals surface area (Å²) in [6, 6.07) is 10.5. The maximum Gasteiger partial charge on any atom is 0.229 e. The van der Waals surface area contributed by atoms with Gasteiger partial charge in [-0.2, -0.15) is 0 Å². The zero-order valence-corrected chi connectivity index (χ0v) is 20.9. The Hall–Kier alpha value is -2.18. The standard InChI is InChI=1S/C25H31ClN4OS/c1-17-18(2)32-23-21(17)22(27-20(28-23)11-10-19-8-6-5-7-9-19)29-12-14-30(15-13-29)24(31)25(3,4)16-26/h5-9H,10-16H2,1-4H3. The van der Waals surface area contributed by atoms with Gasteiger partial charge in [0.2, 0.25) is 5.91 Å². The summed E-state index contributed by atoms with van der Waals surface area (Å²) in [7, 11) is 0. The molecule has 1 aromatic carbocycles. The number of halogens is 1. The van der Waals surface area contributed by atoms with E-state index >= 15 is 0 Å². The lowest BCUT2D eigenvalue weighted by atomic mass is 9.94. The van der Waals surface area contributed by atoms with Crippen LogP contribution >= 0.6 is 22.9 Å². The van der Waals surface area contributed by atoms with E-state index in [-0.39, 0.29) is 5.91 Å². The van der Waals surface area contributed by atoms with Crippen LogP contribution in [0.2, 0.25) is 0 Å². The van der Waals surface area contributed by atoms with Crippen LogP contribution in [0, 0.1) is 19.3 Å². The lowest BCUT2D eigenvalue weighted by Crippen LogP contribution is -2.52. The molecule has 3 heterocycles. The molecule has 5 nitrogen and oxygen atoms in total. The molecule has 32 heavy (non-hydrogen) atoms. The molecule has 2 aromatic heterocycles. The molecule has 7 heteroatoms. The van der Waals surface area contributed by atoms with Crippen molar-refractivity contribution in [1.82, 2.24) is 14.9 Å². The van der Waals surface area contributed by atoms with Crippen molar-refractivity contribution < 1.29 is 4.79 Å². The minimum atomic E-state index is -0.530. The van der Waals surface area contributed by atoms with E-state index in [0.29, 0.717) is 19.0 Å². The molecule has 0 saturated carbocycles. The number of thiophene rings is 1. The summed E-state index contributed by atoms with van der Waals surface area (Å²) in [4.78, 5) is 29.4. The Morgan fingerprint density at radius 1 is 1.06 bits per heavy atom. The molecule has 0 N–H and O–H groups in total. The maximum absolute atomic E-state index is 12.8. The van der Waals surface area contributed by atoms with Crippen molar-refractivity contribution in [1.29, 1.82) is 0 Å². The van der Waals surface area contributed by atoms with Crippen LogP contribution in [0.3, 0.4) is 0 Å². The Balaban J connectivity index is 1.58. The van der Waals surface area contributed by atoms with Gasteiger partial charge in [0.15, 0.2) is 0 Å². The predicted molar refractivity (Wildman–Crippen MR) is 134 cm³/mol. The second-order valence-corrected chi connectivity index (χ2v) is 10.7. The monoisotopic (exact) mass is 470 g/mol. The van der Waals surface area contributed by atoms with Crippen LogP contribution in [0.15, 0.2) is 30.3 Å². The summed E-state index contributed by atoms with van der Waals surface area (Å²) < 4.78 is 0. The van der Waals surface area contributed by atoms with Crippen LogP contribution in [0.1, 0.15) is 35.7 Å². The Kier molecular flexibility index (Phi) is 6.72. The number of benzene rings is 1. The summed E-state index contributed by atoms with van der Waals surface area (Å²) in [5.41, 5.74) is 2.03. The quantitative estimate of drug-likeness (QED) is 0.475. The number of carbonyl (C=O) groups excluding carboxylic acids is 1. The number of nitrogens with zero attached hydrogens (tertiary/aromatic N) is 4. The number of rotatable bonds is 6. The largest absolute Gasteiger partial charge is 0.352 e. The molecule has 1 saturated heterocycles. The Bertz CT molecular complexity index is 1100. The first-order chi connectivity index (χ1) is 15.3. The van der Waals surface area contributed by atoms with Crippen LogP contribution in [0.5, 0.6) is 0 Å². The molecule has 0 spiro atoms. The minimum absolute atomic E-state index is 0.131. The van der Waals surface area contributed by atoms with Crippen LogP contribution in [-0.4, -0.2) is 52.8 Å². The van der Waals surface area contributed by atoms with Crippen molar-refractivity contribution in [3.8, 4) is 0 Å². The number of aromatic nitrogens is 2. The van der Waals surface area contributed by atoms with E-state index in [2.05, 4.69) is 43.0 Å². The molecule has 0 aliphatic carbocycles. The number of piperazine rings is 1. The Labute approximate surface area is 199 Å². The molecule has 170 valence electrons. The topological polar surface area (TPSA) is 49.3 Å². The zero-order valence-electron chi connectivity index (χ0n) is 19.3. The van der Waals surface area contributed by atoms with Gasteiger partial charge in [0.1, 0.15) is 16.5 Å². The molecule has 3 aromatic rings. The van der Waals surface area contributed by atoms with Crippen molar-refractivity contribution in [3.05, 3.63) is 52.2 Å². The van der Waals surface area contributed by atoms with Crippen molar-refractivity contribution >= 4 is 44.9 Å². The van der Waals surface area contributed by atoms with Gasteiger partial charge in [-0.25, -0.2) is 9.97 Å². The fourth-order valence-electron chi connectivity index (χ4n) is 4.12. The molecule has 4 rings (SSSR count). The first-order valence-corrected chi connectivity index (χ1v) is 12.6. The number of anilines is 1.